The van der Waals surface area contributed by atoms with Crippen LogP contribution in [-0.2, 0) is 13.1 Å². The van der Waals surface area contributed by atoms with Crippen LogP contribution in [0.5, 0.6) is 0 Å². The summed E-state index contributed by atoms with van der Waals surface area (Å²) < 4.78 is 3.57. The molecule has 3 rings (SSSR count). The molecule has 0 unspecified atom stereocenters. The van der Waals surface area contributed by atoms with Crippen LogP contribution in [0.4, 0.5) is 11.8 Å². The van der Waals surface area contributed by atoms with E-state index in [1.807, 2.05) is 18.4 Å². The third-order valence-corrected chi connectivity index (χ3v) is 4.60. The number of nitrogens with one attached hydrogen (secondary N) is 1. The Morgan fingerprint density at radius 3 is 2.68 bits per heavy atom. The van der Waals surface area contributed by atoms with E-state index in [4.69, 9.17) is 5.73 Å². The van der Waals surface area contributed by atoms with Crippen molar-refractivity contribution in [1.29, 1.82) is 0 Å². The smallest absolute Gasteiger partial charge is 0.269 e. The molecule has 0 bridgehead atoms. The average Bonchev–Trinajstić information content (AvgIpc) is 3.26. The molecule has 0 saturated carbocycles. The van der Waals surface area contributed by atoms with Crippen molar-refractivity contribution in [3.63, 3.8) is 0 Å². The van der Waals surface area contributed by atoms with Gasteiger partial charge in [-0.3, -0.25) is 9.48 Å². The Morgan fingerprint density at radius 1 is 1.25 bits per heavy atom. The van der Waals surface area contributed by atoms with Crippen LogP contribution in [0.25, 0.3) is 11.2 Å². The van der Waals surface area contributed by atoms with Gasteiger partial charge in [-0.25, -0.2) is 4.98 Å². The van der Waals surface area contributed by atoms with Crippen molar-refractivity contribution in [3.8, 4) is 0 Å². The van der Waals surface area contributed by atoms with Gasteiger partial charge in [0.15, 0.2) is 17.0 Å². The molecule has 150 valence electrons. The average molecular weight is 385 g/mol. The van der Waals surface area contributed by atoms with Gasteiger partial charge in [-0.1, -0.05) is 0 Å². The zero-order valence-electron chi connectivity index (χ0n) is 16.8. The number of aromatic nitrogens is 6. The number of nitrogen functional groups attached to an aromatic ring is 1. The summed E-state index contributed by atoms with van der Waals surface area (Å²) in [6.07, 6.45) is 1.71. The molecule has 0 aromatic carbocycles. The van der Waals surface area contributed by atoms with E-state index in [1.165, 1.54) is 0 Å². The number of fused-ring (bicyclic) bond motifs is 1. The number of amides is 1. The van der Waals surface area contributed by atoms with Crippen molar-refractivity contribution in [3.05, 3.63) is 23.8 Å². The van der Waals surface area contributed by atoms with Gasteiger partial charge >= 0.3 is 0 Å². The van der Waals surface area contributed by atoms with E-state index < -0.39 is 0 Å². The number of aryl methyl sites for hydroxylation is 2. The Kier molecular flexibility index (Phi) is 5.76. The molecule has 28 heavy (non-hydrogen) atoms. The highest BCUT2D eigenvalue weighted by atomic mass is 16.2. The zero-order valence-corrected chi connectivity index (χ0v) is 16.8. The Morgan fingerprint density at radius 2 is 2.00 bits per heavy atom. The minimum Gasteiger partial charge on any atom is -0.368 e. The molecule has 10 nitrogen and oxygen atoms in total. The van der Waals surface area contributed by atoms with E-state index >= 15 is 0 Å². The number of hydrogen-bond donors (Lipinski definition) is 2. The summed E-state index contributed by atoms with van der Waals surface area (Å²) in [4.78, 5) is 27.7. The quantitative estimate of drug-likeness (QED) is 0.598. The van der Waals surface area contributed by atoms with E-state index in [0.717, 1.165) is 24.6 Å². The number of imidazole rings is 1. The molecule has 0 radical (unpaired) electrons. The third kappa shape index (κ3) is 3.75. The first-order chi connectivity index (χ1) is 13.5. The maximum absolute atomic E-state index is 12.5. The highest BCUT2D eigenvalue weighted by molar-refractivity contribution is 5.92. The molecule has 0 spiro atoms. The van der Waals surface area contributed by atoms with Gasteiger partial charge in [0.05, 0.1) is 12.0 Å². The van der Waals surface area contributed by atoms with Gasteiger partial charge in [-0.15, -0.1) is 0 Å². The number of carbonyl (C=O) groups excluding carboxylic acids is 1. The van der Waals surface area contributed by atoms with E-state index in [-0.39, 0.29) is 11.9 Å². The first-order valence-electron chi connectivity index (χ1n) is 9.54. The molecule has 1 amide bonds. The van der Waals surface area contributed by atoms with Crippen molar-refractivity contribution in [2.45, 2.75) is 40.8 Å². The lowest BCUT2D eigenvalue weighted by molar-refractivity contribution is 0.0941. The number of hydrogen-bond acceptors (Lipinski definition) is 7. The molecule has 0 aliphatic heterocycles. The van der Waals surface area contributed by atoms with Gasteiger partial charge in [0.1, 0.15) is 5.69 Å². The Balaban J connectivity index is 1.75. The second-order valence-corrected chi connectivity index (χ2v) is 6.43. The number of carbonyl (C=O) groups is 1. The van der Waals surface area contributed by atoms with E-state index in [0.29, 0.717) is 36.5 Å². The number of nitrogens with zero attached hydrogens (tertiary/aromatic N) is 7. The first kappa shape index (κ1) is 19.6. The highest BCUT2D eigenvalue weighted by Crippen LogP contribution is 2.23. The van der Waals surface area contributed by atoms with Crippen LogP contribution in [0, 0.1) is 6.92 Å². The second kappa shape index (κ2) is 8.24. The summed E-state index contributed by atoms with van der Waals surface area (Å²) in [7, 11) is 0. The van der Waals surface area contributed by atoms with Crippen molar-refractivity contribution in [2.75, 3.05) is 30.3 Å². The third-order valence-electron chi connectivity index (χ3n) is 4.60. The molecule has 0 fully saturated rings. The number of nitrogens with two attached hydrogens (primary N) is 1. The molecule has 3 aromatic rings. The molecule has 0 saturated heterocycles. The Bertz CT molecular complexity index is 971. The summed E-state index contributed by atoms with van der Waals surface area (Å²) in [5.41, 5.74) is 8.68. The molecule has 3 aromatic heterocycles. The van der Waals surface area contributed by atoms with Crippen molar-refractivity contribution >= 4 is 28.8 Å². The Labute approximate surface area is 163 Å². The maximum atomic E-state index is 12.5. The van der Waals surface area contributed by atoms with Gasteiger partial charge in [-0.05, 0) is 33.8 Å². The van der Waals surface area contributed by atoms with Gasteiger partial charge in [0.2, 0.25) is 5.95 Å². The molecule has 10 heteroatoms. The molecular weight excluding hydrogens is 358 g/mol. The van der Waals surface area contributed by atoms with Crippen LogP contribution in [0.2, 0.25) is 0 Å². The summed E-state index contributed by atoms with van der Waals surface area (Å²) in [5.74, 6) is 0.796. The van der Waals surface area contributed by atoms with Gasteiger partial charge in [0.25, 0.3) is 5.91 Å². The van der Waals surface area contributed by atoms with Gasteiger partial charge in [0, 0.05) is 32.7 Å². The van der Waals surface area contributed by atoms with E-state index in [2.05, 4.69) is 44.1 Å². The van der Waals surface area contributed by atoms with Crippen LogP contribution < -0.4 is 16.0 Å². The molecule has 3 heterocycles. The minimum absolute atomic E-state index is 0.148. The fourth-order valence-electron chi connectivity index (χ4n) is 3.20. The molecular formula is C18H27N9O. The zero-order chi connectivity index (χ0) is 20.3. The fraction of sp³-hybridized carbons (Fsp3) is 0.500. The van der Waals surface area contributed by atoms with E-state index in [1.54, 1.807) is 17.1 Å². The number of anilines is 2. The fourth-order valence-corrected chi connectivity index (χ4v) is 3.20. The molecule has 0 aliphatic rings. The summed E-state index contributed by atoms with van der Waals surface area (Å²) in [5, 5.41) is 7.24. The van der Waals surface area contributed by atoms with Crippen LogP contribution >= 0.6 is 0 Å². The van der Waals surface area contributed by atoms with Crippen LogP contribution in [-0.4, -0.2) is 54.8 Å². The SMILES string of the molecule is CCN(CC)c1nc(N)nc2c1ncn2CCNC(=O)c1cc(C)nn1CC. The van der Waals surface area contributed by atoms with Crippen LogP contribution in [0.15, 0.2) is 12.4 Å². The second-order valence-electron chi connectivity index (χ2n) is 6.43. The van der Waals surface area contributed by atoms with Crippen molar-refractivity contribution in [1.82, 2.24) is 34.6 Å². The minimum atomic E-state index is -0.148. The van der Waals surface area contributed by atoms with Crippen LogP contribution in [0.1, 0.15) is 37.0 Å². The van der Waals surface area contributed by atoms with Crippen LogP contribution in [0.3, 0.4) is 0 Å². The largest absolute Gasteiger partial charge is 0.368 e. The summed E-state index contributed by atoms with van der Waals surface area (Å²) in [6.45, 7) is 11.2. The Hall–Kier alpha value is -3.17. The maximum Gasteiger partial charge on any atom is 0.269 e. The van der Waals surface area contributed by atoms with Crippen molar-refractivity contribution < 1.29 is 4.79 Å². The normalized spacial score (nSPS) is 11.1. The highest BCUT2D eigenvalue weighted by Gasteiger charge is 2.17. The number of rotatable bonds is 8. The predicted molar refractivity (Wildman–Crippen MR) is 108 cm³/mol. The van der Waals surface area contributed by atoms with E-state index in [9.17, 15) is 4.79 Å². The van der Waals surface area contributed by atoms with Gasteiger partial charge in [-0.2, -0.15) is 15.1 Å². The standard InChI is InChI=1S/C18H27N9O/c1-5-25(6-2)15-14-16(23-18(19)22-15)26(11-21-14)9-8-20-17(28)13-10-12(4)24-27(13)7-3/h10-11H,5-9H2,1-4H3,(H,20,28)(H2,19,22,23). The van der Waals surface area contributed by atoms with Crippen molar-refractivity contribution in [2.24, 2.45) is 0 Å². The monoisotopic (exact) mass is 385 g/mol. The lowest BCUT2D eigenvalue weighted by atomic mass is 10.3. The molecule has 0 aliphatic carbocycles. The lowest BCUT2D eigenvalue weighted by Crippen LogP contribution is -2.29. The van der Waals surface area contributed by atoms with Gasteiger partial charge < -0.3 is 20.5 Å². The topological polar surface area (TPSA) is 120 Å². The lowest BCUT2D eigenvalue weighted by Gasteiger charge is -2.20. The first-order valence-corrected chi connectivity index (χ1v) is 9.54. The molecule has 3 N–H and O–H groups in total. The molecule has 0 atom stereocenters. The summed E-state index contributed by atoms with van der Waals surface area (Å²) >= 11 is 0. The predicted octanol–water partition coefficient (Wildman–Crippen LogP) is 1.21. The summed E-state index contributed by atoms with van der Waals surface area (Å²) in [6, 6.07) is 1.79.